The summed E-state index contributed by atoms with van der Waals surface area (Å²) in [5.74, 6) is -2.35. The average Bonchev–Trinajstić information content (AvgIpc) is 2.63. The summed E-state index contributed by atoms with van der Waals surface area (Å²) in [4.78, 5) is 17.4. The molecule has 1 aliphatic heterocycles. The molecule has 128 valence electrons. The first-order valence-electron chi connectivity index (χ1n) is 7.52. The van der Waals surface area contributed by atoms with Crippen LogP contribution in [0.2, 0.25) is 0 Å². The van der Waals surface area contributed by atoms with Gasteiger partial charge in [-0.05, 0) is 30.3 Å². The van der Waals surface area contributed by atoms with Gasteiger partial charge in [-0.25, -0.2) is 8.78 Å². The standard InChI is InChI=1S/C18H15F2N3O2/c1-21-18(25)15-9-11(6-7-22-15)17-16(24)3-2-8-23(17)12-4-5-13(19)14(20)10-12/h2-7,9-10,24H,8H2,1H3,(H,21,25). The van der Waals surface area contributed by atoms with Gasteiger partial charge in [0.1, 0.15) is 11.5 Å². The predicted octanol–water partition coefficient (Wildman–Crippen LogP) is 3.02. The predicted molar refractivity (Wildman–Crippen MR) is 90.0 cm³/mol. The first-order valence-corrected chi connectivity index (χ1v) is 7.52. The smallest absolute Gasteiger partial charge is 0.269 e. The van der Waals surface area contributed by atoms with Crippen LogP contribution in [0.3, 0.4) is 0 Å². The van der Waals surface area contributed by atoms with Crippen molar-refractivity contribution in [3.05, 3.63) is 77.3 Å². The van der Waals surface area contributed by atoms with Crippen LogP contribution < -0.4 is 10.2 Å². The van der Waals surface area contributed by atoms with E-state index in [4.69, 9.17) is 0 Å². The molecule has 1 aromatic carbocycles. The summed E-state index contributed by atoms with van der Waals surface area (Å²) in [6, 6.07) is 6.66. The SMILES string of the molecule is CNC(=O)c1cc(C2=C(O)C=CCN2c2ccc(F)c(F)c2)ccn1. The van der Waals surface area contributed by atoms with Gasteiger partial charge < -0.3 is 15.3 Å². The van der Waals surface area contributed by atoms with Gasteiger partial charge >= 0.3 is 0 Å². The molecule has 5 nitrogen and oxygen atoms in total. The summed E-state index contributed by atoms with van der Waals surface area (Å²) in [6.45, 7) is 0.349. The Balaban J connectivity index is 2.08. The Morgan fingerprint density at radius 2 is 2.04 bits per heavy atom. The van der Waals surface area contributed by atoms with Gasteiger partial charge in [0.2, 0.25) is 0 Å². The fourth-order valence-corrected chi connectivity index (χ4v) is 2.60. The second kappa shape index (κ2) is 6.72. The summed E-state index contributed by atoms with van der Waals surface area (Å²) in [7, 11) is 1.49. The minimum Gasteiger partial charge on any atom is -0.506 e. The van der Waals surface area contributed by atoms with E-state index in [9.17, 15) is 18.7 Å². The zero-order chi connectivity index (χ0) is 18.0. The number of halogens is 2. The number of nitrogens with zero attached hydrogens (tertiary/aromatic N) is 2. The summed E-state index contributed by atoms with van der Waals surface area (Å²) in [5, 5.41) is 12.8. The van der Waals surface area contributed by atoms with Crippen molar-refractivity contribution in [2.45, 2.75) is 0 Å². The van der Waals surface area contributed by atoms with E-state index in [0.717, 1.165) is 12.1 Å². The normalized spacial score (nSPS) is 14.0. The third kappa shape index (κ3) is 3.21. The van der Waals surface area contributed by atoms with Crippen molar-refractivity contribution in [1.82, 2.24) is 10.3 Å². The first kappa shape index (κ1) is 16.6. The fraction of sp³-hybridized carbons (Fsp3) is 0.111. The molecule has 2 heterocycles. The number of carbonyl (C=O) groups is 1. The number of anilines is 1. The van der Waals surface area contributed by atoms with Gasteiger partial charge in [0.25, 0.3) is 5.91 Å². The Morgan fingerprint density at radius 1 is 1.24 bits per heavy atom. The van der Waals surface area contributed by atoms with Gasteiger partial charge in [0, 0.05) is 37.1 Å². The molecule has 1 aliphatic rings. The van der Waals surface area contributed by atoms with E-state index in [1.165, 1.54) is 31.5 Å². The van der Waals surface area contributed by atoms with Crippen molar-refractivity contribution < 1.29 is 18.7 Å². The second-order valence-electron chi connectivity index (χ2n) is 5.35. The minimum absolute atomic E-state index is 0.0509. The summed E-state index contributed by atoms with van der Waals surface area (Å²) >= 11 is 0. The van der Waals surface area contributed by atoms with Gasteiger partial charge in [-0.1, -0.05) is 6.08 Å². The molecule has 0 radical (unpaired) electrons. The molecular weight excluding hydrogens is 328 g/mol. The quantitative estimate of drug-likeness (QED) is 0.899. The number of nitrogens with one attached hydrogen (secondary N) is 1. The molecule has 25 heavy (non-hydrogen) atoms. The number of aromatic nitrogens is 1. The van der Waals surface area contributed by atoms with Crippen LogP contribution in [-0.4, -0.2) is 29.6 Å². The highest BCUT2D eigenvalue weighted by Crippen LogP contribution is 2.32. The van der Waals surface area contributed by atoms with Gasteiger partial charge in [-0.2, -0.15) is 0 Å². The summed E-state index contributed by atoms with van der Waals surface area (Å²) < 4.78 is 26.8. The number of aliphatic hydroxyl groups is 1. The van der Waals surface area contributed by atoms with E-state index in [1.807, 2.05) is 0 Å². The molecule has 0 bridgehead atoms. The Kier molecular flexibility index (Phi) is 4.47. The third-order valence-electron chi connectivity index (χ3n) is 3.78. The maximum atomic E-state index is 13.6. The van der Waals surface area contributed by atoms with Crippen LogP contribution in [0.4, 0.5) is 14.5 Å². The van der Waals surface area contributed by atoms with Crippen molar-refractivity contribution in [3.63, 3.8) is 0 Å². The van der Waals surface area contributed by atoms with Crippen LogP contribution in [-0.2, 0) is 0 Å². The Labute approximate surface area is 142 Å². The monoisotopic (exact) mass is 343 g/mol. The van der Waals surface area contributed by atoms with Crippen molar-refractivity contribution >= 4 is 17.3 Å². The van der Waals surface area contributed by atoms with Crippen LogP contribution in [0.25, 0.3) is 5.70 Å². The van der Waals surface area contributed by atoms with Crippen molar-refractivity contribution in [3.8, 4) is 0 Å². The molecular formula is C18H15F2N3O2. The maximum absolute atomic E-state index is 13.6. The Hall–Kier alpha value is -3.22. The van der Waals surface area contributed by atoms with Crippen molar-refractivity contribution in [2.75, 3.05) is 18.5 Å². The molecule has 3 rings (SSSR count). The molecule has 0 spiro atoms. The lowest BCUT2D eigenvalue weighted by atomic mass is 10.1. The van der Waals surface area contributed by atoms with Crippen LogP contribution in [0, 0.1) is 11.6 Å². The Bertz CT molecular complexity index is 894. The first-order chi connectivity index (χ1) is 12.0. The van der Waals surface area contributed by atoms with E-state index in [-0.39, 0.29) is 17.4 Å². The molecule has 0 saturated heterocycles. The number of hydrogen-bond acceptors (Lipinski definition) is 4. The molecule has 2 aromatic rings. The third-order valence-corrected chi connectivity index (χ3v) is 3.78. The number of pyridine rings is 1. The average molecular weight is 343 g/mol. The van der Waals surface area contributed by atoms with E-state index >= 15 is 0 Å². The molecule has 2 N–H and O–H groups in total. The molecule has 1 aromatic heterocycles. The molecule has 1 amide bonds. The van der Waals surface area contributed by atoms with Gasteiger partial charge in [0.05, 0.1) is 5.70 Å². The van der Waals surface area contributed by atoms with E-state index < -0.39 is 11.6 Å². The molecule has 0 atom stereocenters. The minimum atomic E-state index is -0.980. The van der Waals surface area contributed by atoms with Gasteiger partial charge in [-0.15, -0.1) is 0 Å². The number of benzene rings is 1. The lowest BCUT2D eigenvalue weighted by Crippen LogP contribution is -2.26. The highest BCUT2D eigenvalue weighted by Gasteiger charge is 2.22. The van der Waals surface area contributed by atoms with E-state index in [0.29, 0.717) is 23.5 Å². The molecule has 0 fully saturated rings. The van der Waals surface area contributed by atoms with Crippen LogP contribution >= 0.6 is 0 Å². The zero-order valence-electron chi connectivity index (χ0n) is 13.3. The summed E-state index contributed by atoms with van der Waals surface area (Å²) in [6.07, 6.45) is 4.66. The zero-order valence-corrected chi connectivity index (χ0v) is 13.3. The van der Waals surface area contributed by atoms with Crippen LogP contribution in [0.1, 0.15) is 16.1 Å². The van der Waals surface area contributed by atoms with Crippen LogP contribution in [0.15, 0.2) is 54.4 Å². The van der Waals surface area contributed by atoms with E-state index in [1.54, 1.807) is 17.0 Å². The molecule has 7 heteroatoms. The fourth-order valence-electron chi connectivity index (χ4n) is 2.60. The lowest BCUT2D eigenvalue weighted by Gasteiger charge is -2.29. The number of carbonyl (C=O) groups excluding carboxylic acids is 1. The number of aliphatic hydroxyl groups excluding tert-OH is 1. The Morgan fingerprint density at radius 3 is 2.76 bits per heavy atom. The number of rotatable bonds is 3. The highest BCUT2D eigenvalue weighted by atomic mass is 19.2. The summed E-state index contributed by atoms with van der Waals surface area (Å²) in [5.41, 5.74) is 1.46. The van der Waals surface area contributed by atoms with Crippen molar-refractivity contribution in [1.29, 1.82) is 0 Å². The number of hydrogen-bond donors (Lipinski definition) is 2. The van der Waals surface area contributed by atoms with Crippen molar-refractivity contribution in [2.24, 2.45) is 0 Å². The van der Waals surface area contributed by atoms with Crippen LogP contribution in [0.5, 0.6) is 0 Å². The molecule has 0 saturated carbocycles. The van der Waals surface area contributed by atoms with E-state index in [2.05, 4.69) is 10.3 Å². The largest absolute Gasteiger partial charge is 0.506 e. The molecule has 0 unspecified atom stereocenters. The molecule has 0 aliphatic carbocycles. The van der Waals surface area contributed by atoms with Gasteiger partial charge in [-0.3, -0.25) is 9.78 Å². The topological polar surface area (TPSA) is 65.5 Å². The second-order valence-corrected chi connectivity index (χ2v) is 5.35. The number of amides is 1. The lowest BCUT2D eigenvalue weighted by molar-refractivity contribution is 0.0958. The maximum Gasteiger partial charge on any atom is 0.269 e. The number of allylic oxidation sites excluding steroid dienone is 1. The highest BCUT2D eigenvalue weighted by molar-refractivity contribution is 5.93. The van der Waals surface area contributed by atoms with Gasteiger partial charge in [0.15, 0.2) is 11.6 Å².